The molecule has 0 aromatic heterocycles. The molecule has 5 rings (SSSR count). The van der Waals surface area contributed by atoms with Crippen LogP contribution < -0.4 is 9.47 Å². The Morgan fingerprint density at radius 2 is 1.58 bits per heavy atom. The number of carbonyl (C=O) groups is 2. The normalized spacial score (nSPS) is 18.4. The minimum atomic E-state index is -0.425. The zero-order valence-electron chi connectivity index (χ0n) is 20.9. The zero-order valence-corrected chi connectivity index (χ0v) is 21.7. The fourth-order valence-corrected chi connectivity index (χ4v) is 6.22. The van der Waals surface area contributed by atoms with E-state index in [-0.39, 0.29) is 11.6 Å². The number of rotatable bonds is 7. The van der Waals surface area contributed by atoms with Crippen molar-refractivity contribution in [1.29, 1.82) is 0 Å². The molecular formula is C30H32ClNO4. The highest BCUT2D eigenvalue weighted by molar-refractivity contribution is 6.32. The molecule has 0 amide bonds. The molecule has 2 aliphatic carbocycles. The lowest BCUT2D eigenvalue weighted by molar-refractivity contribution is -0.117. The molecule has 0 fully saturated rings. The van der Waals surface area contributed by atoms with Crippen LogP contribution in [0.5, 0.6) is 11.5 Å². The minimum Gasteiger partial charge on any atom is -0.491 e. The van der Waals surface area contributed by atoms with Crippen molar-refractivity contribution < 1.29 is 19.1 Å². The fraction of sp³-hybridized carbons (Fsp3) is 0.400. The molecule has 36 heavy (non-hydrogen) atoms. The van der Waals surface area contributed by atoms with Gasteiger partial charge in [-0.15, -0.1) is 0 Å². The van der Waals surface area contributed by atoms with E-state index in [9.17, 15) is 9.59 Å². The molecule has 5 nitrogen and oxygen atoms in total. The van der Waals surface area contributed by atoms with Crippen LogP contribution in [0.4, 0.5) is 0 Å². The van der Waals surface area contributed by atoms with Gasteiger partial charge in [-0.25, -0.2) is 0 Å². The molecule has 0 atom stereocenters. The van der Waals surface area contributed by atoms with E-state index in [1.165, 1.54) is 5.56 Å². The van der Waals surface area contributed by atoms with Crippen molar-refractivity contribution in [3.05, 3.63) is 81.2 Å². The monoisotopic (exact) mass is 505 g/mol. The predicted octanol–water partition coefficient (Wildman–Crippen LogP) is 6.40. The summed E-state index contributed by atoms with van der Waals surface area (Å²) in [5, 5.41) is 0.417. The van der Waals surface area contributed by atoms with Gasteiger partial charge in [0.1, 0.15) is 0 Å². The maximum absolute atomic E-state index is 13.5. The number of Topliss-reactive ketones (excluding diaryl/α,β-unsaturated/α-hetero) is 2. The van der Waals surface area contributed by atoms with Crippen LogP contribution >= 0.6 is 11.6 Å². The van der Waals surface area contributed by atoms with Crippen molar-refractivity contribution in [3.8, 4) is 11.5 Å². The van der Waals surface area contributed by atoms with E-state index in [1.54, 1.807) is 7.11 Å². The van der Waals surface area contributed by atoms with Crippen molar-refractivity contribution in [1.82, 2.24) is 4.90 Å². The molecule has 1 aliphatic heterocycles. The van der Waals surface area contributed by atoms with Gasteiger partial charge in [-0.2, -0.15) is 0 Å². The number of halogens is 1. The number of methoxy groups -OCH3 is 1. The molecule has 0 N–H and O–H groups in total. The van der Waals surface area contributed by atoms with Crippen LogP contribution in [0.15, 0.2) is 65.0 Å². The van der Waals surface area contributed by atoms with Gasteiger partial charge in [0.05, 0.1) is 18.7 Å². The Morgan fingerprint density at radius 3 is 2.17 bits per heavy atom. The lowest BCUT2D eigenvalue weighted by Crippen LogP contribution is -2.40. The predicted molar refractivity (Wildman–Crippen MR) is 141 cm³/mol. The summed E-state index contributed by atoms with van der Waals surface area (Å²) in [5.74, 6) is 0.827. The van der Waals surface area contributed by atoms with Gasteiger partial charge in [0.25, 0.3) is 0 Å². The molecular weight excluding hydrogens is 474 g/mol. The Labute approximate surface area is 217 Å². The molecule has 0 radical (unpaired) electrons. The van der Waals surface area contributed by atoms with Gasteiger partial charge in [0, 0.05) is 47.8 Å². The summed E-state index contributed by atoms with van der Waals surface area (Å²) < 4.78 is 11.3. The average Bonchev–Trinajstić information content (AvgIpc) is 2.88. The van der Waals surface area contributed by atoms with Crippen LogP contribution in [0.2, 0.25) is 5.02 Å². The molecule has 2 aromatic rings. The largest absolute Gasteiger partial charge is 0.491 e. The quantitative estimate of drug-likeness (QED) is 0.435. The SMILES string of the molecule is CCOc1cc(C2C3=C(CCCC3=O)N(CCc3ccccc3)C3=C2C(=O)CCC3)cc(Cl)c1OC. The summed E-state index contributed by atoms with van der Waals surface area (Å²) in [7, 11) is 1.56. The highest BCUT2D eigenvalue weighted by atomic mass is 35.5. The minimum absolute atomic E-state index is 0.126. The molecule has 3 aliphatic rings. The van der Waals surface area contributed by atoms with Gasteiger partial charge in [0.15, 0.2) is 23.1 Å². The van der Waals surface area contributed by atoms with Crippen molar-refractivity contribution in [2.45, 2.75) is 57.8 Å². The molecule has 0 saturated carbocycles. The second-order valence-corrected chi connectivity index (χ2v) is 9.97. The number of hydrogen-bond donors (Lipinski definition) is 0. The Balaban J connectivity index is 1.66. The van der Waals surface area contributed by atoms with E-state index < -0.39 is 5.92 Å². The Bertz CT molecular complexity index is 1200. The van der Waals surface area contributed by atoms with E-state index in [4.69, 9.17) is 21.1 Å². The molecule has 188 valence electrons. The summed E-state index contributed by atoms with van der Waals surface area (Å²) in [6.45, 7) is 3.11. The summed E-state index contributed by atoms with van der Waals surface area (Å²) in [4.78, 5) is 29.4. The average molecular weight is 506 g/mol. The number of carbonyl (C=O) groups excluding carboxylic acids is 2. The highest BCUT2D eigenvalue weighted by Crippen LogP contribution is 2.51. The highest BCUT2D eigenvalue weighted by Gasteiger charge is 2.43. The van der Waals surface area contributed by atoms with Crippen molar-refractivity contribution in [2.75, 3.05) is 20.3 Å². The molecule has 0 bridgehead atoms. The summed E-state index contributed by atoms with van der Waals surface area (Å²) in [6, 6.07) is 14.1. The molecule has 0 spiro atoms. The van der Waals surface area contributed by atoms with Gasteiger partial charge >= 0.3 is 0 Å². The van der Waals surface area contributed by atoms with E-state index >= 15 is 0 Å². The maximum Gasteiger partial charge on any atom is 0.179 e. The molecule has 6 heteroatoms. The van der Waals surface area contributed by atoms with E-state index in [0.717, 1.165) is 66.8 Å². The van der Waals surface area contributed by atoms with Crippen molar-refractivity contribution >= 4 is 23.2 Å². The molecule has 1 heterocycles. The molecule has 0 saturated heterocycles. The summed E-state index contributed by atoms with van der Waals surface area (Å²) in [6.07, 6.45) is 5.18. The van der Waals surface area contributed by atoms with E-state index in [2.05, 4.69) is 29.2 Å². The number of hydrogen-bond acceptors (Lipinski definition) is 5. The molecule has 2 aromatic carbocycles. The third kappa shape index (κ3) is 4.45. The van der Waals surface area contributed by atoms with Crippen molar-refractivity contribution in [2.24, 2.45) is 0 Å². The third-order valence-electron chi connectivity index (χ3n) is 7.42. The first-order valence-corrected chi connectivity index (χ1v) is 13.3. The second-order valence-electron chi connectivity index (χ2n) is 9.56. The standard InChI is InChI=1S/C30H32ClNO4/c1-3-36-26-18-20(17-21(31)30(26)35-2)27-28-22(11-7-13-24(28)33)32(16-15-19-9-5-4-6-10-19)23-12-8-14-25(34)29(23)27/h4-6,9-10,17-18,27H,3,7-8,11-16H2,1-2H3. The Kier molecular flexibility index (Phi) is 7.20. The third-order valence-corrected chi connectivity index (χ3v) is 7.70. The zero-order chi connectivity index (χ0) is 25.2. The number of ketones is 2. The van der Waals surface area contributed by atoms with Crippen LogP contribution in [-0.4, -0.2) is 36.7 Å². The van der Waals surface area contributed by atoms with Gasteiger partial charge in [0.2, 0.25) is 0 Å². The van der Waals surface area contributed by atoms with Gasteiger partial charge < -0.3 is 14.4 Å². The summed E-state index contributed by atoms with van der Waals surface area (Å²) >= 11 is 6.64. The van der Waals surface area contributed by atoms with Gasteiger partial charge in [-0.05, 0) is 62.3 Å². The van der Waals surface area contributed by atoms with E-state index in [1.807, 2.05) is 25.1 Å². The summed E-state index contributed by atoms with van der Waals surface area (Å²) in [5.41, 5.74) is 5.73. The van der Waals surface area contributed by atoms with Gasteiger partial charge in [-0.3, -0.25) is 9.59 Å². The van der Waals surface area contributed by atoms with Crippen LogP contribution in [0.1, 0.15) is 62.5 Å². The topological polar surface area (TPSA) is 55.8 Å². The van der Waals surface area contributed by atoms with Crippen LogP contribution in [0.3, 0.4) is 0 Å². The number of nitrogens with zero attached hydrogens (tertiary/aromatic N) is 1. The first-order valence-electron chi connectivity index (χ1n) is 12.9. The lowest BCUT2D eigenvalue weighted by Gasteiger charge is -2.44. The fourth-order valence-electron chi connectivity index (χ4n) is 5.92. The lowest BCUT2D eigenvalue weighted by atomic mass is 9.71. The maximum atomic E-state index is 13.5. The van der Waals surface area contributed by atoms with Gasteiger partial charge in [-0.1, -0.05) is 41.9 Å². The van der Waals surface area contributed by atoms with E-state index in [0.29, 0.717) is 36.0 Å². The first kappa shape index (κ1) is 24.6. The molecule has 0 unspecified atom stereocenters. The number of benzene rings is 2. The Hall–Kier alpha value is -3.05. The first-order chi connectivity index (χ1) is 17.5. The smallest absolute Gasteiger partial charge is 0.179 e. The Morgan fingerprint density at radius 1 is 0.944 bits per heavy atom. The van der Waals surface area contributed by atoms with Crippen LogP contribution in [0.25, 0.3) is 0 Å². The number of allylic oxidation sites excluding steroid dienone is 4. The van der Waals surface area contributed by atoms with Crippen LogP contribution in [-0.2, 0) is 16.0 Å². The second kappa shape index (κ2) is 10.5. The number of ether oxygens (including phenoxy) is 2. The van der Waals surface area contributed by atoms with Crippen LogP contribution in [0, 0.1) is 0 Å². The van der Waals surface area contributed by atoms with Crippen molar-refractivity contribution in [3.63, 3.8) is 0 Å².